The lowest BCUT2D eigenvalue weighted by atomic mass is 9.92. The monoisotopic (exact) mass is 327 g/mol. The zero-order chi connectivity index (χ0) is 17.1. The van der Waals surface area contributed by atoms with E-state index in [1.165, 1.54) is 0 Å². The maximum absolute atomic E-state index is 12.8. The zero-order valence-corrected chi connectivity index (χ0v) is 13.6. The number of aliphatic carboxylic acids is 1. The third-order valence-electron chi connectivity index (χ3n) is 4.59. The van der Waals surface area contributed by atoms with Crippen molar-refractivity contribution >= 4 is 11.9 Å². The predicted octanol–water partition coefficient (Wildman–Crippen LogP) is 2.65. The molecule has 6 heteroatoms. The van der Waals surface area contributed by atoms with E-state index < -0.39 is 11.9 Å². The van der Waals surface area contributed by atoms with Crippen LogP contribution in [0.25, 0.3) is 11.4 Å². The van der Waals surface area contributed by atoms with Gasteiger partial charge in [-0.1, -0.05) is 25.5 Å². The van der Waals surface area contributed by atoms with Crippen molar-refractivity contribution in [2.45, 2.75) is 19.8 Å². The fourth-order valence-corrected chi connectivity index (χ4v) is 3.39. The Labute approximate surface area is 140 Å². The van der Waals surface area contributed by atoms with Crippen LogP contribution in [0, 0.1) is 11.8 Å². The molecule has 2 heterocycles. The van der Waals surface area contributed by atoms with Gasteiger partial charge in [0.2, 0.25) is 0 Å². The Hall–Kier alpha value is -2.63. The minimum absolute atomic E-state index is 0.0321. The first-order chi connectivity index (χ1) is 11.6. The van der Waals surface area contributed by atoms with E-state index in [1.807, 2.05) is 19.1 Å². The maximum atomic E-state index is 12.8. The lowest BCUT2D eigenvalue weighted by molar-refractivity contribution is -0.142. The molecule has 1 amide bonds. The number of nitrogens with one attached hydrogen (secondary N) is 1. The number of rotatable bonds is 5. The Morgan fingerprint density at radius 2 is 2.21 bits per heavy atom. The predicted molar refractivity (Wildman–Crippen MR) is 89.5 cm³/mol. The molecule has 126 valence electrons. The van der Waals surface area contributed by atoms with Gasteiger partial charge in [0.15, 0.2) is 0 Å². The van der Waals surface area contributed by atoms with Crippen molar-refractivity contribution in [1.29, 1.82) is 0 Å². The first kappa shape index (κ1) is 16.2. The van der Waals surface area contributed by atoms with Crippen LogP contribution < -0.4 is 0 Å². The maximum Gasteiger partial charge on any atom is 0.308 e. The number of aromatic nitrogens is 2. The average Bonchev–Trinajstić information content (AvgIpc) is 3.24. The summed E-state index contributed by atoms with van der Waals surface area (Å²) < 4.78 is 0. The highest BCUT2D eigenvalue weighted by Crippen LogP contribution is 2.29. The van der Waals surface area contributed by atoms with E-state index in [0.717, 1.165) is 18.4 Å². The minimum atomic E-state index is -0.812. The first-order valence-corrected chi connectivity index (χ1v) is 8.22. The van der Waals surface area contributed by atoms with Crippen molar-refractivity contribution in [3.05, 3.63) is 42.2 Å². The van der Waals surface area contributed by atoms with Crippen LogP contribution >= 0.6 is 0 Å². The fraction of sp³-hybridized carbons (Fsp3) is 0.389. The average molecular weight is 327 g/mol. The molecule has 1 saturated heterocycles. The Bertz CT molecular complexity index is 727. The summed E-state index contributed by atoms with van der Waals surface area (Å²) >= 11 is 0. The number of carbonyl (C=O) groups excluding carboxylic acids is 1. The fourth-order valence-electron chi connectivity index (χ4n) is 3.39. The van der Waals surface area contributed by atoms with E-state index in [9.17, 15) is 14.7 Å². The Morgan fingerprint density at radius 1 is 1.38 bits per heavy atom. The number of hydrogen-bond donors (Lipinski definition) is 2. The van der Waals surface area contributed by atoms with Gasteiger partial charge in [-0.3, -0.25) is 9.59 Å². The molecule has 1 aromatic heterocycles. The molecule has 0 unspecified atom stereocenters. The number of benzene rings is 1. The summed E-state index contributed by atoms with van der Waals surface area (Å²) in [5.41, 5.74) is 1.40. The SMILES string of the molecule is CCC[C@@H]1CN(C(=O)c2cccc(-c3ncc[nH]3)c2)C[C@H]1C(=O)O. The van der Waals surface area contributed by atoms with Gasteiger partial charge >= 0.3 is 5.97 Å². The second-order valence-corrected chi connectivity index (χ2v) is 6.22. The molecule has 0 radical (unpaired) electrons. The number of imidazole rings is 1. The van der Waals surface area contributed by atoms with Crippen LogP contribution in [0.2, 0.25) is 0 Å². The van der Waals surface area contributed by atoms with Gasteiger partial charge in [-0.2, -0.15) is 0 Å². The van der Waals surface area contributed by atoms with E-state index in [4.69, 9.17) is 0 Å². The van der Waals surface area contributed by atoms with Crippen molar-refractivity contribution in [2.24, 2.45) is 11.8 Å². The lowest BCUT2D eigenvalue weighted by Gasteiger charge is -2.16. The van der Waals surface area contributed by atoms with Gasteiger partial charge in [-0.25, -0.2) is 4.98 Å². The molecular weight excluding hydrogens is 306 g/mol. The van der Waals surface area contributed by atoms with Crippen LogP contribution in [0.4, 0.5) is 0 Å². The minimum Gasteiger partial charge on any atom is -0.481 e. The number of nitrogens with zero attached hydrogens (tertiary/aromatic N) is 2. The van der Waals surface area contributed by atoms with E-state index in [1.54, 1.807) is 29.4 Å². The van der Waals surface area contributed by atoms with Crippen molar-refractivity contribution in [3.63, 3.8) is 0 Å². The molecule has 0 aliphatic carbocycles. The van der Waals surface area contributed by atoms with Crippen LogP contribution in [0.1, 0.15) is 30.1 Å². The van der Waals surface area contributed by atoms with Gasteiger partial charge in [0, 0.05) is 36.6 Å². The molecule has 2 aromatic rings. The number of aromatic amines is 1. The normalized spacial score (nSPS) is 20.3. The van der Waals surface area contributed by atoms with Crippen LogP contribution in [0.15, 0.2) is 36.7 Å². The third-order valence-corrected chi connectivity index (χ3v) is 4.59. The molecule has 6 nitrogen and oxygen atoms in total. The Morgan fingerprint density at radius 3 is 2.88 bits per heavy atom. The number of carboxylic acids is 1. The largest absolute Gasteiger partial charge is 0.481 e. The summed E-state index contributed by atoms with van der Waals surface area (Å²) in [5, 5.41) is 9.40. The summed E-state index contributed by atoms with van der Waals surface area (Å²) in [6.07, 6.45) is 5.14. The van der Waals surface area contributed by atoms with Gasteiger partial charge in [0.25, 0.3) is 5.91 Å². The zero-order valence-electron chi connectivity index (χ0n) is 13.6. The summed E-state index contributed by atoms with van der Waals surface area (Å²) in [7, 11) is 0. The molecule has 0 saturated carbocycles. The van der Waals surface area contributed by atoms with Gasteiger partial charge in [0.1, 0.15) is 5.82 Å². The van der Waals surface area contributed by atoms with Gasteiger partial charge in [-0.15, -0.1) is 0 Å². The quantitative estimate of drug-likeness (QED) is 0.884. The number of amides is 1. The standard InChI is InChI=1S/C18H21N3O3/c1-2-4-14-10-21(11-15(14)18(23)24)17(22)13-6-3-5-12(9-13)16-19-7-8-20-16/h3,5-9,14-15H,2,4,10-11H2,1H3,(H,19,20)(H,23,24)/t14-,15-/m1/s1. The van der Waals surface area contributed by atoms with Crippen LogP contribution in [0.5, 0.6) is 0 Å². The second kappa shape index (κ2) is 6.86. The number of carboxylic acid groups (broad SMARTS) is 1. The number of carbonyl (C=O) groups is 2. The summed E-state index contributed by atoms with van der Waals surface area (Å²) in [6.45, 7) is 2.83. The highest BCUT2D eigenvalue weighted by molar-refractivity contribution is 5.96. The van der Waals surface area contributed by atoms with Gasteiger partial charge in [-0.05, 0) is 24.5 Å². The Balaban J connectivity index is 1.80. The van der Waals surface area contributed by atoms with E-state index >= 15 is 0 Å². The first-order valence-electron chi connectivity index (χ1n) is 8.22. The second-order valence-electron chi connectivity index (χ2n) is 6.22. The van der Waals surface area contributed by atoms with Gasteiger partial charge < -0.3 is 15.0 Å². The third kappa shape index (κ3) is 3.18. The summed E-state index contributed by atoms with van der Waals surface area (Å²) in [4.78, 5) is 33.1. The van der Waals surface area contributed by atoms with Crippen molar-refractivity contribution in [3.8, 4) is 11.4 Å². The van der Waals surface area contributed by atoms with Crippen LogP contribution in [0.3, 0.4) is 0 Å². The summed E-state index contributed by atoms with van der Waals surface area (Å²) in [6, 6.07) is 7.26. The molecular formula is C18H21N3O3. The molecule has 3 rings (SSSR count). The van der Waals surface area contributed by atoms with E-state index in [-0.39, 0.29) is 18.4 Å². The molecule has 1 fully saturated rings. The highest BCUT2D eigenvalue weighted by Gasteiger charge is 2.39. The molecule has 2 N–H and O–H groups in total. The molecule has 1 aromatic carbocycles. The topological polar surface area (TPSA) is 86.3 Å². The number of H-pyrrole nitrogens is 1. The number of likely N-dealkylation sites (tertiary alicyclic amines) is 1. The van der Waals surface area contributed by atoms with Crippen LogP contribution in [-0.2, 0) is 4.79 Å². The summed E-state index contributed by atoms with van der Waals surface area (Å²) in [5.74, 6) is -0.661. The molecule has 0 bridgehead atoms. The highest BCUT2D eigenvalue weighted by atomic mass is 16.4. The van der Waals surface area contributed by atoms with Crippen molar-refractivity contribution in [2.75, 3.05) is 13.1 Å². The number of hydrogen-bond acceptors (Lipinski definition) is 3. The molecule has 0 spiro atoms. The molecule has 2 atom stereocenters. The smallest absolute Gasteiger partial charge is 0.308 e. The van der Waals surface area contributed by atoms with Crippen LogP contribution in [-0.4, -0.2) is 44.9 Å². The Kier molecular flexibility index (Phi) is 4.64. The molecule has 24 heavy (non-hydrogen) atoms. The van der Waals surface area contributed by atoms with Gasteiger partial charge in [0.05, 0.1) is 5.92 Å². The van der Waals surface area contributed by atoms with Crippen molar-refractivity contribution in [1.82, 2.24) is 14.9 Å². The molecule has 1 aliphatic heterocycles. The van der Waals surface area contributed by atoms with E-state index in [2.05, 4.69) is 9.97 Å². The van der Waals surface area contributed by atoms with E-state index in [0.29, 0.717) is 17.9 Å². The lowest BCUT2D eigenvalue weighted by Crippen LogP contribution is -2.29. The molecule has 1 aliphatic rings. The van der Waals surface area contributed by atoms with Crippen molar-refractivity contribution < 1.29 is 14.7 Å².